The average Bonchev–Trinajstić information content (AvgIpc) is 3.18. The molecule has 8 heteroatoms. The van der Waals surface area contributed by atoms with Crippen molar-refractivity contribution in [3.8, 4) is 0 Å². The third-order valence-electron chi connectivity index (χ3n) is 4.83. The highest BCUT2D eigenvalue weighted by molar-refractivity contribution is 6.07. The first kappa shape index (κ1) is 17.5. The smallest absolute Gasteiger partial charge is 0.417 e. The Hall–Kier alpha value is -2.90. The lowest BCUT2D eigenvalue weighted by atomic mass is 9.95. The summed E-state index contributed by atoms with van der Waals surface area (Å²) in [4.78, 5) is 14.6. The van der Waals surface area contributed by atoms with Gasteiger partial charge in [0.15, 0.2) is 0 Å². The first-order valence-corrected chi connectivity index (χ1v) is 8.61. The van der Waals surface area contributed by atoms with E-state index in [1.54, 1.807) is 11.0 Å². The van der Waals surface area contributed by atoms with Crippen molar-refractivity contribution in [2.24, 2.45) is 0 Å². The Labute approximate surface area is 152 Å². The summed E-state index contributed by atoms with van der Waals surface area (Å²) >= 11 is 0. The van der Waals surface area contributed by atoms with E-state index in [2.05, 4.69) is 10.2 Å². The second-order valence-electron chi connectivity index (χ2n) is 6.54. The number of rotatable bonds is 2. The number of amides is 1. The van der Waals surface area contributed by atoms with E-state index in [1.807, 2.05) is 36.4 Å². The van der Waals surface area contributed by atoms with E-state index in [0.29, 0.717) is 31.5 Å². The van der Waals surface area contributed by atoms with E-state index in [-0.39, 0.29) is 17.7 Å². The Morgan fingerprint density at radius 2 is 1.74 bits per heavy atom. The van der Waals surface area contributed by atoms with Gasteiger partial charge in [0.2, 0.25) is 5.89 Å². The van der Waals surface area contributed by atoms with Crippen molar-refractivity contribution in [1.82, 2.24) is 15.1 Å². The summed E-state index contributed by atoms with van der Waals surface area (Å²) in [6.45, 7) is 0.854. The lowest BCUT2D eigenvalue weighted by Crippen LogP contribution is -2.38. The molecule has 0 saturated carbocycles. The number of halogens is 3. The molecule has 0 atom stereocenters. The van der Waals surface area contributed by atoms with Gasteiger partial charge in [-0.2, -0.15) is 13.2 Å². The van der Waals surface area contributed by atoms with Crippen LogP contribution in [0.5, 0.6) is 0 Å². The highest BCUT2D eigenvalue weighted by Gasteiger charge is 2.39. The lowest BCUT2D eigenvalue weighted by molar-refractivity contribution is -0.157. The van der Waals surface area contributed by atoms with Gasteiger partial charge in [0, 0.05) is 24.6 Å². The van der Waals surface area contributed by atoms with Crippen LogP contribution in [0, 0.1) is 0 Å². The molecule has 0 aliphatic carbocycles. The summed E-state index contributed by atoms with van der Waals surface area (Å²) in [5, 5.41) is 8.49. The zero-order valence-electron chi connectivity index (χ0n) is 14.2. The molecule has 2 heterocycles. The van der Waals surface area contributed by atoms with Gasteiger partial charge in [-0.1, -0.05) is 36.4 Å². The van der Waals surface area contributed by atoms with Crippen molar-refractivity contribution >= 4 is 16.7 Å². The number of fused-ring (bicyclic) bond motifs is 1. The minimum absolute atomic E-state index is 0.0143. The third-order valence-corrected chi connectivity index (χ3v) is 4.83. The maximum atomic E-state index is 12.9. The highest BCUT2D eigenvalue weighted by atomic mass is 19.4. The number of nitrogens with zero attached hydrogens (tertiary/aromatic N) is 3. The van der Waals surface area contributed by atoms with Gasteiger partial charge in [0.25, 0.3) is 5.91 Å². The van der Waals surface area contributed by atoms with Gasteiger partial charge < -0.3 is 9.32 Å². The summed E-state index contributed by atoms with van der Waals surface area (Å²) in [5.41, 5.74) is 0.628. The molecule has 2 aromatic carbocycles. The number of hydrogen-bond donors (Lipinski definition) is 0. The molecule has 3 aromatic rings. The number of carbonyl (C=O) groups is 1. The molecule has 5 nitrogen and oxygen atoms in total. The molecule has 0 unspecified atom stereocenters. The van der Waals surface area contributed by atoms with Crippen molar-refractivity contribution in [2.75, 3.05) is 13.1 Å². The van der Waals surface area contributed by atoms with Crippen LogP contribution in [0.4, 0.5) is 13.2 Å². The molecule has 0 spiro atoms. The standard InChI is InChI=1S/C19H16F3N3O2/c20-19(21,22)18-24-23-16(27-18)13-8-10-25(11-9-13)17(26)15-7-3-5-12-4-1-2-6-14(12)15/h1-7,13H,8-11H2. The van der Waals surface area contributed by atoms with E-state index >= 15 is 0 Å². The molecule has 1 saturated heterocycles. The zero-order chi connectivity index (χ0) is 19.0. The monoisotopic (exact) mass is 375 g/mol. The molecular weight excluding hydrogens is 359 g/mol. The lowest BCUT2D eigenvalue weighted by Gasteiger charge is -2.30. The molecule has 1 aromatic heterocycles. The molecule has 1 aliphatic heterocycles. The second kappa shape index (κ2) is 6.68. The predicted octanol–water partition coefficient (Wildman–Crippen LogP) is 4.26. The molecule has 140 valence electrons. The van der Waals surface area contributed by atoms with Gasteiger partial charge in [0.05, 0.1) is 0 Å². The number of hydrogen-bond acceptors (Lipinski definition) is 4. The first-order chi connectivity index (χ1) is 12.9. The fraction of sp³-hybridized carbons (Fsp3) is 0.316. The van der Waals surface area contributed by atoms with E-state index < -0.39 is 12.1 Å². The average molecular weight is 375 g/mol. The van der Waals surface area contributed by atoms with Crippen molar-refractivity contribution in [1.29, 1.82) is 0 Å². The van der Waals surface area contributed by atoms with Crippen LogP contribution >= 0.6 is 0 Å². The molecular formula is C19H16F3N3O2. The van der Waals surface area contributed by atoms with Crippen LogP contribution in [0.2, 0.25) is 0 Å². The van der Waals surface area contributed by atoms with Gasteiger partial charge in [0.1, 0.15) is 0 Å². The molecule has 4 rings (SSSR count). The van der Waals surface area contributed by atoms with Crippen molar-refractivity contribution in [3.63, 3.8) is 0 Å². The van der Waals surface area contributed by atoms with E-state index in [9.17, 15) is 18.0 Å². The number of piperidine rings is 1. The zero-order valence-corrected chi connectivity index (χ0v) is 14.2. The SMILES string of the molecule is O=C(c1cccc2ccccc12)N1CCC(c2nnc(C(F)(F)F)o2)CC1. The number of alkyl halides is 3. The number of carbonyl (C=O) groups excluding carboxylic acids is 1. The molecule has 0 N–H and O–H groups in total. The Kier molecular flexibility index (Phi) is 4.33. The molecule has 1 aliphatic rings. The van der Waals surface area contributed by atoms with E-state index in [1.165, 1.54) is 0 Å². The first-order valence-electron chi connectivity index (χ1n) is 8.61. The Balaban J connectivity index is 1.47. The summed E-state index contributed by atoms with van der Waals surface area (Å²) in [5.74, 6) is -1.69. The summed E-state index contributed by atoms with van der Waals surface area (Å²) in [6, 6.07) is 13.3. The van der Waals surface area contributed by atoms with Gasteiger partial charge in [-0.15, -0.1) is 10.2 Å². The van der Waals surface area contributed by atoms with E-state index in [4.69, 9.17) is 4.42 Å². The fourth-order valence-corrected chi connectivity index (χ4v) is 3.43. The van der Waals surface area contributed by atoms with Crippen molar-refractivity contribution < 1.29 is 22.4 Å². The fourth-order valence-electron chi connectivity index (χ4n) is 3.43. The molecule has 27 heavy (non-hydrogen) atoms. The minimum Gasteiger partial charge on any atom is -0.417 e. The molecule has 0 radical (unpaired) electrons. The number of likely N-dealkylation sites (tertiary alicyclic amines) is 1. The van der Waals surface area contributed by atoms with Crippen LogP contribution in [0.15, 0.2) is 46.9 Å². The second-order valence-corrected chi connectivity index (χ2v) is 6.54. The molecule has 1 amide bonds. The van der Waals surface area contributed by atoms with E-state index in [0.717, 1.165) is 10.8 Å². The highest BCUT2D eigenvalue weighted by Crippen LogP contribution is 2.33. The molecule has 1 fully saturated rings. The van der Waals surface area contributed by atoms with Crippen LogP contribution in [-0.4, -0.2) is 34.1 Å². The van der Waals surface area contributed by atoms with Crippen molar-refractivity contribution in [3.05, 3.63) is 59.8 Å². The quantitative estimate of drug-likeness (QED) is 0.672. The molecule has 0 bridgehead atoms. The summed E-state index contributed by atoms with van der Waals surface area (Å²) < 4.78 is 42.6. The van der Waals surface area contributed by atoms with Gasteiger partial charge in [-0.05, 0) is 29.7 Å². The largest absolute Gasteiger partial charge is 0.470 e. The third kappa shape index (κ3) is 3.39. The maximum Gasteiger partial charge on any atom is 0.470 e. The van der Waals surface area contributed by atoms with Crippen LogP contribution in [0.1, 0.15) is 40.9 Å². The Morgan fingerprint density at radius 1 is 1.04 bits per heavy atom. The van der Waals surface area contributed by atoms with Crippen LogP contribution < -0.4 is 0 Å². The van der Waals surface area contributed by atoms with Crippen LogP contribution in [0.3, 0.4) is 0 Å². The van der Waals surface area contributed by atoms with Gasteiger partial charge in [-0.25, -0.2) is 0 Å². The predicted molar refractivity (Wildman–Crippen MR) is 91.1 cm³/mol. The number of benzene rings is 2. The summed E-state index contributed by atoms with van der Waals surface area (Å²) in [6.07, 6.45) is -3.68. The topological polar surface area (TPSA) is 59.2 Å². The Bertz CT molecular complexity index is 970. The minimum atomic E-state index is -4.64. The van der Waals surface area contributed by atoms with Crippen LogP contribution in [0.25, 0.3) is 10.8 Å². The number of aromatic nitrogens is 2. The van der Waals surface area contributed by atoms with Crippen molar-refractivity contribution in [2.45, 2.75) is 24.9 Å². The van der Waals surface area contributed by atoms with Crippen LogP contribution in [-0.2, 0) is 6.18 Å². The Morgan fingerprint density at radius 3 is 2.44 bits per heavy atom. The normalized spacial score (nSPS) is 16.0. The summed E-state index contributed by atoms with van der Waals surface area (Å²) in [7, 11) is 0. The maximum absolute atomic E-state index is 12.9. The van der Waals surface area contributed by atoms with Gasteiger partial charge in [-0.3, -0.25) is 4.79 Å². The van der Waals surface area contributed by atoms with Gasteiger partial charge >= 0.3 is 12.1 Å².